The van der Waals surface area contributed by atoms with Crippen LogP contribution in [0.4, 0.5) is 17.5 Å². The Labute approximate surface area is 182 Å². The lowest BCUT2D eigenvalue weighted by molar-refractivity contribution is 0.00791. The fourth-order valence-electron chi connectivity index (χ4n) is 4.63. The Morgan fingerprint density at radius 1 is 1.13 bits per heavy atom. The predicted molar refractivity (Wildman–Crippen MR) is 121 cm³/mol. The fraction of sp³-hybridized carbons (Fsp3) is 0.591. The Morgan fingerprint density at radius 3 is 2.68 bits per heavy atom. The van der Waals surface area contributed by atoms with Crippen molar-refractivity contribution in [3.8, 4) is 0 Å². The van der Waals surface area contributed by atoms with E-state index in [0.717, 1.165) is 56.2 Å². The first-order valence-corrected chi connectivity index (χ1v) is 11.4. The van der Waals surface area contributed by atoms with Gasteiger partial charge in [0, 0.05) is 43.6 Å². The second-order valence-electron chi connectivity index (χ2n) is 8.85. The molecule has 1 aliphatic carbocycles. The van der Waals surface area contributed by atoms with Gasteiger partial charge in [0.25, 0.3) is 0 Å². The predicted octanol–water partition coefficient (Wildman–Crippen LogP) is 3.31. The molecule has 31 heavy (non-hydrogen) atoms. The van der Waals surface area contributed by atoms with E-state index in [1.54, 1.807) is 0 Å². The van der Waals surface area contributed by atoms with E-state index in [9.17, 15) is 0 Å². The zero-order valence-electron chi connectivity index (χ0n) is 18.4. The normalized spacial score (nSPS) is 22.8. The molecule has 4 heterocycles. The van der Waals surface area contributed by atoms with Crippen LogP contribution in [-0.2, 0) is 4.74 Å². The highest BCUT2D eigenvalue weighted by atomic mass is 16.5. The van der Waals surface area contributed by atoms with Gasteiger partial charge in [0.15, 0.2) is 5.82 Å². The van der Waals surface area contributed by atoms with Crippen LogP contribution in [0.3, 0.4) is 0 Å². The lowest BCUT2D eigenvalue weighted by Gasteiger charge is -2.39. The molecule has 0 unspecified atom stereocenters. The Kier molecular flexibility index (Phi) is 5.78. The average Bonchev–Trinajstić information content (AvgIpc) is 3.45. The highest BCUT2D eigenvalue weighted by Gasteiger charge is 2.27. The van der Waals surface area contributed by atoms with Gasteiger partial charge in [0.05, 0.1) is 25.1 Å². The van der Waals surface area contributed by atoms with E-state index in [1.165, 1.54) is 12.8 Å². The van der Waals surface area contributed by atoms with Gasteiger partial charge in [0.2, 0.25) is 5.95 Å². The first-order chi connectivity index (χ1) is 15.2. The molecule has 0 bridgehead atoms. The van der Waals surface area contributed by atoms with Gasteiger partial charge in [-0.05, 0) is 51.7 Å². The molecule has 9 heteroatoms. The molecule has 1 saturated heterocycles. The van der Waals surface area contributed by atoms with Crippen LogP contribution in [0.1, 0.15) is 45.6 Å². The minimum Gasteiger partial charge on any atom is -0.379 e. The van der Waals surface area contributed by atoms with Gasteiger partial charge in [-0.2, -0.15) is 10.1 Å². The number of nitrogens with zero attached hydrogens (tertiary/aromatic N) is 6. The van der Waals surface area contributed by atoms with Crippen molar-refractivity contribution < 1.29 is 4.74 Å². The van der Waals surface area contributed by atoms with Crippen molar-refractivity contribution in [3.05, 3.63) is 30.7 Å². The first kappa shape index (κ1) is 20.3. The van der Waals surface area contributed by atoms with Crippen molar-refractivity contribution >= 4 is 23.0 Å². The molecule has 0 aromatic carbocycles. The quantitative estimate of drug-likeness (QED) is 0.628. The van der Waals surface area contributed by atoms with E-state index in [1.807, 2.05) is 33.9 Å². The fourth-order valence-corrected chi connectivity index (χ4v) is 4.63. The van der Waals surface area contributed by atoms with Crippen LogP contribution in [0.15, 0.2) is 30.7 Å². The molecule has 5 rings (SSSR count). The molecule has 3 aromatic heterocycles. The summed E-state index contributed by atoms with van der Waals surface area (Å²) in [5.41, 5.74) is 1.89. The third kappa shape index (κ3) is 4.52. The SMILES string of the molecule is CC(C)n1cc(Nc2nc(N[C@H]3CC[C@H](N4CCOCC4)CC3)c3cccn3n2)cn1. The third-order valence-corrected chi connectivity index (χ3v) is 6.38. The van der Waals surface area contributed by atoms with Gasteiger partial charge in [-0.3, -0.25) is 9.58 Å². The summed E-state index contributed by atoms with van der Waals surface area (Å²) in [6.45, 7) is 8.10. The van der Waals surface area contributed by atoms with Gasteiger partial charge in [0.1, 0.15) is 5.52 Å². The van der Waals surface area contributed by atoms with Crippen molar-refractivity contribution in [1.82, 2.24) is 29.3 Å². The van der Waals surface area contributed by atoms with E-state index in [-0.39, 0.29) is 0 Å². The number of rotatable bonds is 6. The molecular formula is C22H32N8O. The number of fused-ring (bicyclic) bond motifs is 1. The van der Waals surface area contributed by atoms with Crippen molar-refractivity contribution in [2.45, 2.75) is 57.7 Å². The van der Waals surface area contributed by atoms with Crippen LogP contribution < -0.4 is 10.6 Å². The van der Waals surface area contributed by atoms with Crippen molar-refractivity contribution in [2.75, 3.05) is 36.9 Å². The summed E-state index contributed by atoms with van der Waals surface area (Å²) in [5, 5.41) is 16.0. The Bertz CT molecular complexity index is 998. The summed E-state index contributed by atoms with van der Waals surface area (Å²) in [6.07, 6.45) is 10.5. The molecule has 0 radical (unpaired) electrons. The Balaban J connectivity index is 1.27. The molecule has 166 valence electrons. The van der Waals surface area contributed by atoms with Crippen LogP contribution in [0.5, 0.6) is 0 Å². The minimum atomic E-state index is 0.313. The van der Waals surface area contributed by atoms with Crippen molar-refractivity contribution in [1.29, 1.82) is 0 Å². The minimum absolute atomic E-state index is 0.313. The molecule has 3 aromatic rings. The number of hydrogen-bond donors (Lipinski definition) is 2. The molecule has 0 atom stereocenters. The zero-order chi connectivity index (χ0) is 21.2. The summed E-state index contributed by atoms with van der Waals surface area (Å²) >= 11 is 0. The van der Waals surface area contributed by atoms with Crippen LogP contribution in [0, 0.1) is 0 Å². The largest absolute Gasteiger partial charge is 0.379 e. The van der Waals surface area contributed by atoms with E-state index in [4.69, 9.17) is 9.72 Å². The summed E-state index contributed by atoms with van der Waals surface area (Å²) < 4.78 is 9.31. The maximum absolute atomic E-state index is 5.51. The number of nitrogens with one attached hydrogen (secondary N) is 2. The lowest BCUT2D eigenvalue weighted by Crippen LogP contribution is -2.46. The zero-order valence-corrected chi connectivity index (χ0v) is 18.4. The van der Waals surface area contributed by atoms with Crippen LogP contribution in [0.25, 0.3) is 5.52 Å². The third-order valence-electron chi connectivity index (χ3n) is 6.38. The Morgan fingerprint density at radius 2 is 1.94 bits per heavy atom. The number of ether oxygens (including phenoxy) is 1. The van der Waals surface area contributed by atoms with Crippen LogP contribution >= 0.6 is 0 Å². The summed E-state index contributed by atoms with van der Waals surface area (Å²) in [5.74, 6) is 1.45. The molecule has 2 aliphatic rings. The number of aromatic nitrogens is 5. The monoisotopic (exact) mass is 424 g/mol. The summed E-state index contributed by atoms with van der Waals surface area (Å²) in [7, 11) is 0. The van der Waals surface area contributed by atoms with E-state index in [0.29, 0.717) is 24.1 Å². The van der Waals surface area contributed by atoms with E-state index < -0.39 is 0 Å². The van der Waals surface area contributed by atoms with Crippen LogP contribution in [-0.4, -0.2) is 67.7 Å². The summed E-state index contributed by atoms with van der Waals surface area (Å²) in [4.78, 5) is 7.41. The van der Waals surface area contributed by atoms with Gasteiger partial charge in [-0.15, -0.1) is 5.10 Å². The smallest absolute Gasteiger partial charge is 0.247 e. The highest BCUT2D eigenvalue weighted by molar-refractivity contribution is 5.69. The molecule has 0 spiro atoms. The Hall–Kier alpha value is -2.65. The van der Waals surface area contributed by atoms with Gasteiger partial charge in [-0.25, -0.2) is 4.52 Å². The molecule has 2 fully saturated rings. The first-order valence-electron chi connectivity index (χ1n) is 11.4. The maximum Gasteiger partial charge on any atom is 0.247 e. The van der Waals surface area contributed by atoms with Gasteiger partial charge >= 0.3 is 0 Å². The standard InChI is InChI=1S/C22H32N8O/c1-16(2)30-15-18(14-23-30)25-22-26-21(20-4-3-9-29(20)27-22)24-17-5-7-19(8-6-17)28-10-12-31-13-11-28/h3-4,9,14-17,19H,5-8,10-13H2,1-2H3,(H2,24,25,26,27)/t17-,19-. The lowest BCUT2D eigenvalue weighted by atomic mass is 9.90. The number of hydrogen-bond acceptors (Lipinski definition) is 7. The maximum atomic E-state index is 5.51. The number of morpholine rings is 1. The average molecular weight is 425 g/mol. The molecule has 0 amide bonds. The van der Waals surface area contributed by atoms with Crippen LogP contribution in [0.2, 0.25) is 0 Å². The highest BCUT2D eigenvalue weighted by Crippen LogP contribution is 2.28. The van der Waals surface area contributed by atoms with E-state index in [2.05, 4.69) is 45.6 Å². The van der Waals surface area contributed by atoms with E-state index >= 15 is 0 Å². The summed E-state index contributed by atoms with van der Waals surface area (Å²) in [6, 6.07) is 5.50. The second kappa shape index (κ2) is 8.84. The van der Waals surface area contributed by atoms with Crippen molar-refractivity contribution in [3.63, 3.8) is 0 Å². The molecular weight excluding hydrogens is 392 g/mol. The topological polar surface area (TPSA) is 84.5 Å². The molecule has 1 aliphatic heterocycles. The molecule has 9 nitrogen and oxygen atoms in total. The van der Waals surface area contributed by atoms with Gasteiger partial charge in [-0.1, -0.05) is 0 Å². The molecule has 1 saturated carbocycles. The number of anilines is 3. The van der Waals surface area contributed by atoms with Crippen molar-refractivity contribution in [2.24, 2.45) is 0 Å². The molecule has 2 N–H and O–H groups in total. The second-order valence-corrected chi connectivity index (χ2v) is 8.85. The van der Waals surface area contributed by atoms with Gasteiger partial charge < -0.3 is 15.4 Å².